The van der Waals surface area contributed by atoms with Crippen molar-refractivity contribution < 1.29 is 9.59 Å². The summed E-state index contributed by atoms with van der Waals surface area (Å²) >= 11 is 7.42. The highest BCUT2D eigenvalue weighted by atomic mass is 35.5. The molecule has 0 aliphatic carbocycles. The predicted octanol–water partition coefficient (Wildman–Crippen LogP) is 1.74. The van der Waals surface area contributed by atoms with E-state index in [2.05, 4.69) is 0 Å². The van der Waals surface area contributed by atoms with E-state index >= 15 is 0 Å². The molecule has 2 rings (SSSR count). The van der Waals surface area contributed by atoms with E-state index in [-0.39, 0.29) is 23.5 Å². The number of anilines is 1. The summed E-state index contributed by atoms with van der Waals surface area (Å²) in [4.78, 5) is 25.9. The Morgan fingerprint density at radius 1 is 1.43 bits per heavy atom. The van der Waals surface area contributed by atoms with Crippen LogP contribution in [0.4, 0.5) is 5.69 Å². The molecular weight excluding hydrogens is 310 g/mol. The number of carbonyl (C=O) groups is 2. The molecule has 5 nitrogen and oxygen atoms in total. The van der Waals surface area contributed by atoms with Gasteiger partial charge in [0.2, 0.25) is 11.8 Å². The SMILES string of the molecule is NC(=O)C1CCCN(C(=O)CSc2cc(N)ccc2Cl)C1. The Hall–Kier alpha value is -1.40. The second kappa shape index (κ2) is 7.04. The van der Waals surface area contributed by atoms with E-state index in [9.17, 15) is 9.59 Å². The van der Waals surface area contributed by atoms with Gasteiger partial charge >= 0.3 is 0 Å². The molecular formula is C14H18ClN3O2S. The Bertz CT molecular complexity index is 553. The quantitative estimate of drug-likeness (QED) is 0.651. The van der Waals surface area contributed by atoms with Crippen molar-refractivity contribution in [3.05, 3.63) is 23.2 Å². The highest BCUT2D eigenvalue weighted by Gasteiger charge is 2.26. The number of hydrogen-bond acceptors (Lipinski definition) is 4. The summed E-state index contributed by atoms with van der Waals surface area (Å²) in [6.07, 6.45) is 1.57. The normalized spacial score (nSPS) is 18.5. The van der Waals surface area contributed by atoms with Gasteiger partial charge in [0.1, 0.15) is 0 Å². The van der Waals surface area contributed by atoms with E-state index < -0.39 is 0 Å². The highest BCUT2D eigenvalue weighted by molar-refractivity contribution is 8.00. The van der Waals surface area contributed by atoms with Crippen LogP contribution in [0.15, 0.2) is 23.1 Å². The fraction of sp³-hybridized carbons (Fsp3) is 0.429. The second-order valence-electron chi connectivity index (χ2n) is 5.06. The number of halogens is 1. The monoisotopic (exact) mass is 327 g/mol. The molecule has 0 bridgehead atoms. The standard InChI is InChI=1S/C14H18ClN3O2S/c15-11-4-3-10(16)6-12(11)21-8-13(19)18-5-1-2-9(7-18)14(17)20/h3-4,6,9H,1-2,5,7-8,16H2,(H2,17,20). The van der Waals surface area contributed by atoms with Crippen molar-refractivity contribution in [1.29, 1.82) is 0 Å². The number of nitrogens with zero attached hydrogens (tertiary/aromatic N) is 1. The molecule has 0 aromatic heterocycles. The number of nitrogens with two attached hydrogens (primary N) is 2. The molecule has 2 amide bonds. The van der Waals surface area contributed by atoms with Crippen LogP contribution in [0.3, 0.4) is 0 Å². The van der Waals surface area contributed by atoms with Crippen LogP contribution in [0.5, 0.6) is 0 Å². The Morgan fingerprint density at radius 2 is 2.19 bits per heavy atom. The van der Waals surface area contributed by atoms with E-state index in [1.807, 2.05) is 0 Å². The molecule has 21 heavy (non-hydrogen) atoms. The van der Waals surface area contributed by atoms with Crippen LogP contribution in [-0.4, -0.2) is 35.6 Å². The van der Waals surface area contributed by atoms with Crippen LogP contribution in [-0.2, 0) is 9.59 Å². The Kier molecular flexibility index (Phi) is 5.36. The zero-order chi connectivity index (χ0) is 15.4. The largest absolute Gasteiger partial charge is 0.399 e. The van der Waals surface area contributed by atoms with Gasteiger partial charge < -0.3 is 16.4 Å². The summed E-state index contributed by atoms with van der Waals surface area (Å²) in [5, 5.41) is 0.579. The van der Waals surface area contributed by atoms with Crippen LogP contribution >= 0.6 is 23.4 Å². The molecule has 0 radical (unpaired) electrons. The van der Waals surface area contributed by atoms with Gasteiger partial charge in [-0.15, -0.1) is 11.8 Å². The van der Waals surface area contributed by atoms with Crippen LogP contribution in [0.1, 0.15) is 12.8 Å². The van der Waals surface area contributed by atoms with E-state index in [1.54, 1.807) is 23.1 Å². The number of hydrogen-bond donors (Lipinski definition) is 2. The van der Waals surface area contributed by atoms with Gasteiger partial charge in [0.25, 0.3) is 0 Å². The third-order valence-corrected chi connectivity index (χ3v) is 4.96. The maximum absolute atomic E-state index is 12.2. The zero-order valence-electron chi connectivity index (χ0n) is 11.5. The minimum atomic E-state index is -0.334. The summed E-state index contributed by atoms with van der Waals surface area (Å²) in [6, 6.07) is 5.19. The highest BCUT2D eigenvalue weighted by Crippen LogP contribution is 2.29. The number of primary amides is 1. The molecule has 7 heteroatoms. The van der Waals surface area contributed by atoms with Crippen LogP contribution in [0.25, 0.3) is 0 Å². The van der Waals surface area contributed by atoms with Crippen LogP contribution in [0.2, 0.25) is 5.02 Å². The van der Waals surface area contributed by atoms with Crippen molar-refractivity contribution in [3.63, 3.8) is 0 Å². The maximum Gasteiger partial charge on any atom is 0.232 e. The molecule has 4 N–H and O–H groups in total. The number of nitrogen functional groups attached to an aromatic ring is 1. The lowest BCUT2D eigenvalue weighted by Crippen LogP contribution is -2.44. The molecule has 1 atom stereocenters. The minimum Gasteiger partial charge on any atom is -0.399 e. The minimum absolute atomic E-state index is 0.00978. The van der Waals surface area contributed by atoms with Gasteiger partial charge in [-0.3, -0.25) is 9.59 Å². The molecule has 1 aliphatic heterocycles. The topological polar surface area (TPSA) is 89.4 Å². The first kappa shape index (κ1) is 16.0. The molecule has 114 valence electrons. The maximum atomic E-state index is 12.2. The van der Waals surface area contributed by atoms with Crippen LogP contribution in [0, 0.1) is 5.92 Å². The lowest BCUT2D eigenvalue weighted by molar-refractivity contribution is -0.132. The van der Waals surface area contributed by atoms with E-state index in [4.69, 9.17) is 23.1 Å². The van der Waals surface area contributed by atoms with Gasteiger partial charge in [0.05, 0.1) is 16.7 Å². The Balaban J connectivity index is 1.92. The molecule has 1 aromatic carbocycles. The zero-order valence-corrected chi connectivity index (χ0v) is 13.1. The second-order valence-corrected chi connectivity index (χ2v) is 6.48. The van der Waals surface area contributed by atoms with Crippen LogP contribution < -0.4 is 11.5 Å². The third-order valence-electron chi connectivity index (χ3n) is 3.48. The van der Waals surface area contributed by atoms with Crippen molar-refractivity contribution in [2.45, 2.75) is 17.7 Å². The Labute approximate surface area is 133 Å². The van der Waals surface area contributed by atoms with E-state index in [1.165, 1.54) is 11.8 Å². The number of likely N-dealkylation sites (tertiary alicyclic amines) is 1. The van der Waals surface area contributed by atoms with Gasteiger partial charge in [-0.1, -0.05) is 11.6 Å². The van der Waals surface area contributed by atoms with Crippen molar-refractivity contribution in [1.82, 2.24) is 4.90 Å². The fourth-order valence-corrected chi connectivity index (χ4v) is 3.47. The summed E-state index contributed by atoms with van der Waals surface area (Å²) < 4.78 is 0. The van der Waals surface area contributed by atoms with E-state index in [0.29, 0.717) is 23.8 Å². The molecule has 1 unspecified atom stereocenters. The van der Waals surface area contributed by atoms with Gasteiger partial charge in [0, 0.05) is 23.7 Å². The average Bonchev–Trinajstić information content (AvgIpc) is 2.48. The summed E-state index contributed by atoms with van der Waals surface area (Å²) in [6.45, 7) is 1.09. The summed E-state index contributed by atoms with van der Waals surface area (Å²) in [5.41, 5.74) is 11.6. The summed E-state index contributed by atoms with van der Waals surface area (Å²) in [5.74, 6) is -0.304. The van der Waals surface area contributed by atoms with Gasteiger partial charge in [-0.2, -0.15) is 0 Å². The first-order valence-electron chi connectivity index (χ1n) is 6.72. The molecule has 0 saturated carbocycles. The van der Waals surface area contributed by atoms with Crippen molar-refractivity contribution in [3.8, 4) is 0 Å². The molecule has 1 aliphatic rings. The molecule has 1 aromatic rings. The van der Waals surface area contributed by atoms with Crippen molar-refractivity contribution in [2.24, 2.45) is 11.7 Å². The molecule has 1 heterocycles. The number of amides is 2. The number of rotatable bonds is 4. The van der Waals surface area contributed by atoms with Crippen molar-refractivity contribution >= 4 is 40.9 Å². The summed E-state index contributed by atoms with van der Waals surface area (Å²) in [7, 11) is 0. The van der Waals surface area contributed by atoms with Gasteiger partial charge in [-0.25, -0.2) is 0 Å². The third kappa shape index (κ3) is 4.28. The van der Waals surface area contributed by atoms with Gasteiger partial charge in [-0.05, 0) is 31.0 Å². The fourth-order valence-electron chi connectivity index (χ4n) is 2.30. The average molecular weight is 328 g/mol. The lowest BCUT2D eigenvalue weighted by atomic mass is 9.97. The molecule has 1 saturated heterocycles. The predicted molar refractivity (Wildman–Crippen MR) is 85.1 cm³/mol. The smallest absolute Gasteiger partial charge is 0.232 e. The van der Waals surface area contributed by atoms with Crippen molar-refractivity contribution in [2.75, 3.05) is 24.6 Å². The first-order chi connectivity index (χ1) is 9.97. The van der Waals surface area contributed by atoms with E-state index in [0.717, 1.165) is 17.7 Å². The number of carbonyl (C=O) groups excluding carboxylic acids is 2. The number of piperidine rings is 1. The number of thioether (sulfide) groups is 1. The lowest BCUT2D eigenvalue weighted by Gasteiger charge is -2.31. The number of benzene rings is 1. The molecule has 0 spiro atoms. The Morgan fingerprint density at radius 3 is 2.90 bits per heavy atom. The first-order valence-corrected chi connectivity index (χ1v) is 8.08. The molecule has 1 fully saturated rings. The van der Waals surface area contributed by atoms with Gasteiger partial charge in [0.15, 0.2) is 0 Å².